The van der Waals surface area contributed by atoms with Crippen molar-refractivity contribution in [3.8, 4) is 6.07 Å². The first-order valence-electron chi connectivity index (χ1n) is 7.41. The largest absolute Gasteiger partial charge is 0.327 e. The molecule has 0 aromatic heterocycles. The summed E-state index contributed by atoms with van der Waals surface area (Å²) in [5.74, 6) is 0.376. The minimum absolute atomic E-state index is 0.0805. The Morgan fingerprint density at radius 2 is 2.29 bits per heavy atom. The second kappa shape index (κ2) is 7.21. The van der Waals surface area contributed by atoms with Gasteiger partial charge in [-0.2, -0.15) is 5.26 Å². The van der Waals surface area contributed by atoms with E-state index in [1.807, 2.05) is 6.07 Å². The molecule has 1 aliphatic rings. The van der Waals surface area contributed by atoms with E-state index in [9.17, 15) is 4.79 Å². The molecule has 5 heteroatoms. The highest BCUT2D eigenvalue weighted by Gasteiger charge is 2.26. The Balaban J connectivity index is 1.92. The zero-order valence-corrected chi connectivity index (χ0v) is 12.4. The minimum Gasteiger partial charge on any atom is -0.327 e. The van der Waals surface area contributed by atoms with Crippen molar-refractivity contribution < 1.29 is 4.79 Å². The number of benzene rings is 1. The Morgan fingerprint density at radius 1 is 1.52 bits per heavy atom. The minimum atomic E-state index is -0.0805. The van der Waals surface area contributed by atoms with Crippen LogP contribution in [0.25, 0.3) is 0 Å². The van der Waals surface area contributed by atoms with Gasteiger partial charge in [-0.05, 0) is 24.5 Å². The number of anilines is 1. The van der Waals surface area contributed by atoms with E-state index in [0.29, 0.717) is 23.7 Å². The van der Waals surface area contributed by atoms with Crippen molar-refractivity contribution in [3.05, 3.63) is 29.8 Å². The molecule has 1 saturated heterocycles. The van der Waals surface area contributed by atoms with Crippen molar-refractivity contribution in [1.82, 2.24) is 4.90 Å². The van der Waals surface area contributed by atoms with Crippen molar-refractivity contribution >= 4 is 11.6 Å². The molecule has 1 fully saturated rings. The second-order valence-corrected chi connectivity index (χ2v) is 5.56. The molecule has 2 rings (SSSR count). The number of carbonyl (C=O) groups excluding carboxylic acids is 1. The smallest absolute Gasteiger partial charge is 0.238 e. The van der Waals surface area contributed by atoms with Gasteiger partial charge in [0.2, 0.25) is 5.91 Å². The molecule has 1 aromatic carbocycles. The van der Waals surface area contributed by atoms with Crippen LogP contribution in [0, 0.1) is 17.2 Å². The summed E-state index contributed by atoms with van der Waals surface area (Å²) in [6.45, 7) is 4.20. The van der Waals surface area contributed by atoms with Gasteiger partial charge in [-0.1, -0.05) is 25.5 Å². The number of carbonyl (C=O) groups is 1. The molecule has 0 spiro atoms. The van der Waals surface area contributed by atoms with E-state index < -0.39 is 0 Å². The van der Waals surface area contributed by atoms with Crippen LogP contribution in [0.15, 0.2) is 24.3 Å². The third-order valence-corrected chi connectivity index (χ3v) is 4.09. The van der Waals surface area contributed by atoms with E-state index >= 15 is 0 Å². The van der Waals surface area contributed by atoms with Gasteiger partial charge in [-0.25, -0.2) is 0 Å². The molecule has 0 bridgehead atoms. The van der Waals surface area contributed by atoms with Gasteiger partial charge in [0.25, 0.3) is 0 Å². The van der Waals surface area contributed by atoms with E-state index in [2.05, 4.69) is 23.2 Å². The number of nitrogens with zero attached hydrogens (tertiary/aromatic N) is 2. The van der Waals surface area contributed by atoms with Crippen LogP contribution in [-0.2, 0) is 4.79 Å². The molecule has 21 heavy (non-hydrogen) atoms. The highest BCUT2D eigenvalue weighted by molar-refractivity contribution is 5.93. The molecule has 1 amide bonds. The summed E-state index contributed by atoms with van der Waals surface area (Å²) >= 11 is 0. The standard InChI is InChI=1S/C16H22N4O/c1-2-12-10-20(8-7-14(12)18)11-16(21)19-15-6-4-3-5-13(15)9-17/h3-6,12,14H,2,7-8,10-11,18H2,1H3,(H,19,21). The van der Waals surface area contributed by atoms with Gasteiger partial charge in [0.05, 0.1) is 17.8 Å². The molecular weight excluding hydrogens is 264 g/mol. The molecule has 3 N–H and O–H groups in total. The molecular formula is C16H22N4O. The number of likely N-dealkylation sites (tertiary alicyclic amines) is 1. The summed E-state index contributed by atoms with van der Waals surface area (Å²) in [5.41, 5.74) is 7.14. The van der Waals surface area contributed by atoms with Gasteiger partial charge in [-0.3, -0.25) is 9.69 Å². The number of amides is 1. The lowest BCUT2D eigenvalue weighted by Crippen LogP contribution is -2.48. The number of hydrogen-bond acceptors (Lipinski definition) is 4. The van der Waals surface area contributed by atoms with Gasteiger partial charge in [-0.15, -0.1) is 0 Å². The van der Waals surface area contributed by atoms with Crippen LogP contribution in [0.5, 0.6) is 0 Å². The lowest BCUT2D eigenvalue weighted by Gasteiger charge is -2.36. The van der Waals surface area contributed by atoms with E-state index in [1.54, 1.807) is 18.2 Å². The highest BCUT2D eigenvalue weighted by Crippen LogP contribution is 2.19. The van der Waals surface area contributed by atoms with Crippen LogP contribution < -0.4 is 11.1 Å². The number of nitrogens with two attached hydrogens (primary N) is 1. The maximum atomic E-state index is 12.1. The molecule has 0 aliphatic carbocycles. The SMILES string of the molecule is CCC1CN(CC(=O)Nc2ccccc2C#N)CCC1N. The molecule has 2 atom stereocenters. The monoisotopic (exact) mass is 286 g/mol. The van der Waals surface area contributed by atoms with Crippen molar-refractivity contribution in [1.29, 1.82) is 5.26 Å². The zero-order chi connectivity index (χ0) is 15.2. The zero-order valence-electron chi connectivity index (χ0n) is 12.4. The fourth-order valence-electron chi connectivity index (χ4n) is 2.78. The Hall–Kier alpha value is -1.90. The quantitative estimate of drug-likeness (QED) is 0.880. The summed E-state index contributed by atoms with van der Waals surface area (Å²) in [6.07, 6.45) is 1.97. The molecule has 0 saturated carbocycles. The number of para-hydroxylation sites is 1. The first-order chi connectivity index (χ1) is 10.1. The lowest BCUT2D eigenvalue weighted by atomic mass is 9.91. The van der Waals surface area contributed by atoms with Gasteiger partial charge in [0, 0.05) is 19.1 Å². The number of hydrogen-bond donors (Lipinski definition) is 2. The molecule has 1 aliphatic heterocycles. The number of piperidine rings is 1. The van der Waals surface area contributed by atoms with Crippen molar-refractivity contribution in [2.24, 2.45) is 11.7 Å². The third-order valence-electron chi connectivity index (χ3n) is 4.09. The van der Waals surface area contributed by atoms with E-state index in [1.165, 1.54) is 0 Å². The third kappa shape index (κ3) is 4.03. The van der Waals surface area contributed by atoms with Crippen LogP contribution >= 0.6 is 0 Å². The molecule has 1 heterocycles. The first-order valence-corrected chi connectivity index (χ1v) is 7.41. The van der Waals surface area contributed by atoms with E-state index in [0.717, 1.165) is 25.9 Å². The van der Waals surface area contributed by atoms with Crippen molar-refractivity contribution in [2.75, 3.05) is 25.0 Å². The van der Waals surface area contributed by atoms with Gasteiger partial charge in [0.15, 0.2) is 0 Å². The van der Waals surface area contributed by atoms with Crippen molar-refractivity contribution in [2.45, 2.75) is 25.8 Å². The van der Waals surface area contributed by atoms with Crippen LogP contribution in [0.2, 0.25) is 0 Å². The molecule has 1 aromatic rings. The van der Waals surface area contributed by atoms with Crippen molar-refractivity contribution in [3.63, 3.8) is 0 Å². The normalized spacial score (nSPS) is 22.5. The summed E-state index contributed by atoms with van der Waals surface area (Å²) in [6, 6.07) is 9.36. The summed E-state index contributed by atoms with van der Waals surface area (Å²) < 4.78 is 0. The number of nitrogens with one attached hydrogen (secondary N) is 1. The highest BCUT2D eigenvalue weighted by atomic mass is 16.2. The lowest BCUT2D eigenvalue weighted by molar-refractivity contribution is -0.117. The molecule has 112 valence electrons. The average Bonchev–Trinajstić information content (AvgIpc) is 2.49. The predicted octanol–water partition coefficient (Wildman–Crippen LogP) is 1.56. The fraction of sp³-hybridized carbons (Fsp3) is 0.500. The average molecular weight is 286 g/mol. The number of nitriles is 1. The topological polar surface area (TPSA) is 82.2 Å². The summed E-state index contributed by atoms with van der Waals surface area (Å²) in [4.78, 5) is 14.3. The predicted molar refractivity (Wildman–Crippen MR) is 82.6 cm³/mol. The Kier molecular flexibility index (Phi) is 5.32. The van der Waals surface area contributed by atoms with Crippen LogP contribution in [0.1, 0.15) is 25.3 Å². The van der Waals surface area contributed by atoms with Gasteiger partial charge < -0.3 is 11.1 Å². The maximum absolute atomic E-state index is 12.1. The van der Waals surface area contributed by atoms with E-state index in [4.69, 9.17) is 11.0 Å². The summed E-state index contributed by atoms with van der Waals surface area (Å²) in [7, 11) is 0. The molecule has 2 unspecified atom stereocenters. The van der Waals surface area contributed by atoms with Gasteiger partial charge in [0.1, 0.15) is 6.07 Å². The van der Waals surface area contributed by atoms with Crippen LogP contribution in [0.3, 0.4) is 0 Å². The first kappa shape index (κ1) is 15.5. The van der Waals surface area contributed by atoms with Gasteiger partial charge >= 0.3 is 0 Å². The van der Waals surface area contributed by atoms with Crippen LogP contribution in [0.4, 0.5) is 5.69 Å². The Labute approximate surface area is 125 Å². The Morgan fingerprint density at radius 3 is 3.00 bits per heavy atom. The molecule has 5 nitrogen and oxygen atoms in total. The fourth-order valence-corrected chi connectivity index (χ4v) is 2.78. The summed E-state index contributed by atoms with van der Waals surface area (Å²) in [5, 5.41) is 11.8. The second-order valence-electron chi connectivity index (χ2n) is 5.56. The number of rotatable bonds is 4. The maximum Gasteiger partial charge on any atom is 0.238 e. The molecule has 0 radical (unpaired) electrons. The van der Waals surface area contributed by atoms with Crippen LogP contribution in [-0.4, -0.2) is 36.5 Å². The van der Waals surface area contributed by atoms with E-state index in [-0.39, 0.29) is 11.9 Å². The Bertz CT molecular complexity index is 537.